The van der Waals surface area contributed by atoms with Gasteiger partial charge in [0.15, 0.2) is 5.60 Å². The maximum atomic E-state index is 12.8. The van der Waals surface area contributed by atoms with Crippen LogP contribution in [0.4, 0.5) is 4.39 Å². The molecule has 0 unspecified atom stereocenters. The molecular formula is C13H10FNO. The molecule has 0 bridgehead atoms. The zero-order valence-electron chi connectivity index (χ0n) is 8.57. The largest absolute Gasteiger partial charge is 0.372 e. The summed E-state index contributed by atoms with van der Waals surface area (Å²) < 4.78 is 12.8. The Labute approximate surface area is 93.3 Å². The normalized spacial score (nSPS) is 20.2. The van der Waals surface area contributed by atoms with Crippen LogP contribution in [0.1, 0.15) is 18.4 Å². The molecule has 1 aromatic carbocycles. The van der Waals surface area contributed by atoms with E-state index in [1.54, 1.807) is 0 Å². The van der Waals surface area contributed by atoms with E-state index in [4.69, 9.17) is 11.7 Å². The molecule has 0 spiro atoms. The van der Waals surface area contributed by atoms with Crippen LogP contribution in [0.3, 0.4) is 0 Å². The third-order valence-electron chi connectivity index (χ3n) is 3.13. The summed E-state index contributed by atoms with van der Waals surface area (Å²) in [7, 11) is 0. The van der Waals surface area contributed by atoms with Crippen LogP contribution < -0.4 is 0 Å². The molecule has 2 rings (SSSR count). The van der Waals surface area contributed by atoms with Gasteiger partial charge < -0.3 is 5.11 Å². The predicted molar refractivity (Wildman–Crippen MR) is 56.4 cm³/mol. The lowest BCUT2D eigenvalue weighted by molar-refractivity contribution is 0.0457. The van der Waals surface area contributed by atoms with Gasteiger partial charge in [0.25, 0.3) is 0 Å². The van der Waals surface area contributed by atoms with Gasteiger partial charge in [-0.3, -0.25) is 0 Å². The highest BCUT2D eigenvalue weighted by Gasteiger charge is 2.60. The van der Waals surface area contributed by atoms with Gasteiger partial charge in [-0.15, -0.1) is 6.42 Å². The van der Waals surface area contributed by atoms with E-state index >= 15 is 0 Å². The van der Waals surface area contributed by atoms with Gasteiger partial charge in [-0.2, -0.15) is 5.26 Å². The molecule has 80 valence electrons. The molecule has 1 atom stereocenters. The number of nitriles is 1. The van der Waals surface area contributed by atoms with E-state index in [-0.39, 0.29) is 0 Å². The van der Waals surface area contributed by atoms with Crippen molar-refractivity contribution < 1.29 is 9.50 Å². The highest BCUT2D eigenvalue weighted by molar-refractivity contribution is 5.40. The molecule has 0 aromatic heterocycles. The number of terminal acetylenes is 1. The molecule has 1 fully saturated rings. The van der Waals surface area contributed by atoms with E-state index in [9.17, 15) is 9.50 Å². The predicted octanol–water partition coefficient (Wildman–Crippen LogP) is 1.95. The van der Waals surface area contributed by atoms with Gasteiger partial charge >= 0.3 is 0 Å². The van der Waals surface area contributed by atoms with Crippen molar-refractivity contribution in [3.63, 3.8) is 0 Å². The van der Waals surface area contributed by atoms with Crippen molar-refractivity contribution >= 4 is 0 Å². The molecule has 0 radical (unpaired) electrons. The van der Waals surface area contributed by atoms with Crippen LogP contribution in [0.25, 0.3) is 0 Å². The first kappa shape index (κ1) is 10.7. The Morgan fingerprint density at radius 3 is 2.31 bits per heavy atom. The monoisotopic (exact) mass is 215 g/mol. The van der Waals surface area contributed by atoms with Gasteiger partial charge in [-0.05, 0) is 30.5 Å². The van der Waals surface area contributed by atoms with Gasteiger partial charge in [0, 0.05) is 0 Å². The highest BCUT2D eigenvalue weighted by atomic mass is 19.1. The first-order valence-corrected chi connectivity index (χ1v) is 4.95. The number of nitrogens with zero attached hydrogens (tertiary/aromatic N) is 1. The second-order valence-corrected chi connectivity index (χ2v) is 4.06. The summed E-state index contributed by atoms with van der Waals surface area (Å²) in [6.45, 7) is 0. The fourth-order valence-electron chi connectivity index (χ4n) is 1.87. The molecule has 0 saturated heterocycles. The molecule has 2 nitrogen and oxygen atoms in total. The van der Waals surface area contributed by atoms with E-state index in [1.807, 2.05) is 0 Å². The van der Waals surface area contributed by atoms with Crippen LogP contribution in [-0.2, 0) is 5.60 Å². The molecule has 16 heavy (non-hydrogen) atoms. The first-order valence-electron chi connectivity index (χ1n) is 4.95. The van der Waals surface area contributed by atoms with Crippen molar-refractivity contribution in [2.24, 2.45) is 5.41 Å². The molecule has 0 heterocycles. The lowest BCUT2D eigenvalue weighted by atomic mass is 9.80. The Bertz CT molecular complexity index is 490. The Balaban J connectivity index is 2.48. The molecule has 1 aliphatic carbocycles. The summed E-state index contributed by atoms with van der Waals surface area (Å²) >= 11 is 0. The molecule has 1 saturated carbocycles. The lowest BCUT2D eigenvalue weighted by Crippen LogP contribution is -2.34. The number of halogens is 1. The van der Waals surface area contributed by atoms with Crippen LogP contribution in [0.5, 0.6) is 0 Å². The number of aliphatic hydroxyl groups is 1. The summed E-state index contributed by atoms with van der Waals surface area (Å²) in [6.07, 6.45) is 6.48. The molecule has 0 amide bonds. The van der Waals surface area contributed by atoms with Crippen molar-refractivity contribution in [3.8, 4) is 18.4 Å². The minimum atomic E-state index is -1.62. The maximum Gasteiger partial charge on any atom is 0.169 e. The summed E-state index contributed by atoms with van der Waals surface area (Å²) in [5.74, 6) is 1.88. The van der Waals surface area contributed by atoms with E-state index in [0.29, 0.717) is 18.4 Å². The Kier molecular flexibility index (Phi) is 2.22. The minimum Gasteiger partial charge on any atom is -0.372 e. The van der Waals surface area contributed by atoms with E-state index in [2.05, 4.69) is 12.0 Å². The second-order valence-electron chi connectivity index (χ2n) is 4.06. The second kappa shape index (κ2) is 3.33. The third-order valence-corrected chi connectivity index (χ3v) is 3.13. The van der Waals surface area contributed by atoms with Gasteiger partial charge in [0.1, 0.15) is 11.2 Å². The number of benzene rings is 1. The fraction of sp³-hybridized carbons (Fsp3) is 0.308. The number of rotatable bonds is 2. The average Bonchev–Trinajstić information content (AvgIpc) is 3.10. The van der Waals surface area contributed by atoms with Gasteiger partial charge in [-0.25, -0.2) is 4.39 Å². The topological polar surface area (TPSA) is 44.0 Å². The molecule has 1 aromatic rings. The summed E-state index contributed by atoms with van der Waals surface area (Å²) in [4.78, 5) is 0. The quantitative estimate of drug-likeness (QED) is 0.766. The van der Waals surface area contributed by atoms with Crippen molar-refractivity contribution in [1.82, 2.24) is 0 Å². The average molecular weight is 215 g/mol. The van der Waals surface area contributed by atoms with Crippen molar-refractivity contribution in [2.45, 2.75) is 18.4 Å². The number of hydrogen-bond acceptors (Lipinski definition) is 2. The van der Waals surface area contributed by atoms with Gasteiger partial charge in [0.2, 0.25) is 0 Å². The molecule has 1 aliphatic rings. The first-order chi connectivity index (χ1) is 7.58. The zero-order chi connectivity index (χ0) is 11.8. The van der Waals surface area contributed by atoms with Crippen molar-refractivity contribution in [1.29, 1.82) is 5.26 Å². The minimum absolute atomic E-state index is 0.398. The van der Waals surface area contributed by atoms with Crippen LogP contribution >= 0.6 is 0 Å². The Morgan fingerprint density at radius 1 is 1.38 bits per heavy atom. The van der Waals surface area contributed by atoms with Crippen LogP contribution in [0.2, 0.25) is 0 Å². The third kappa shape index (κ3) is 1.30. The fourth-order valence-corrected chi connectivity index (χ4v) is 1.87. The van der Waals surface area contributed by atoms with E-state index in [0.717, 1.165) is 0 Å². The lowest BCUT2D eigenvalue weighted by Gasteiger charge is -2.27. The molecule has 3 heteroatoms. The molecule has 0 aliphatic heterocycles. The van der Waals surface area contributed by atoms with Crippen molar-refractivity contribution in [2.75, 3.05) is 0 Å². The zero-order valence-corrected chi connectivity index (χ0v) is 8.57. The van der Waals surface area contributed by atoms with Gasteiger partial charge in [0.05, 0.1) is 6.07 Å². The van der Waals surface area contributed by atoms with Crippen LogP contribution in [-0.4, -0.2) is 5.11 Å². The SMILES string of the molecule is C#C[C@@](O)(c1ccc(F)cc1)C1(C#N)CC1. The van der Waals surface area contributed by atoms with E-state index in [1.165, 1.54) is 24.3 Å². The van der Waals surface area contributed by atoms with Gasteiger partial charge in [-0.1, -0.05) is 18.1 Å². The van der Waals surface area contributed by atoms with Crippen LogP contribution in [0.15, 0.2) is 24.3 Å². The van der Waals surface area contributed by atoms with Crippen LogP contribution in [0, 0.1) is 34.9 Å². The number of hydrogen-bond donors (Lipinski definition) is 1. The highest BCUT2D eigenvalue weighted by Crippen LogP contribution is 2.57. The summed E-state index contributed by atoms with van der Waals surface area (Å²) in [5, 5.41) is 19.5. The summed E-state index contributed by atoms with van der Waals surface area (Å²) in [6, 6.07) is 7.37. The molecule has 1 N–H and O–H groups in total. The Hall–Kier alpha value is -1.84. The standard InChI is InChI=1S/C13H10FNO/c1-2-13(16,12(9-15)7-8-12)10-3-5-11(14)6-4-10/h1,3-6,16H,7-8H2/t13-/m1/s1. The van der Waals surface area contributed by atoms with Crippen molar-refractivity contribution in [3.05, 3.63) is 35.6 Å². The smallest absolute Gasteiger partial charge is 0.169 e. The van der Waals surface area contributed by atoms with E-state index < -0.39 is 16.8 Å². The Morgan fingerprint density at radius 2 is 1.94 bits per heavy atom. The summed E-state index contributed by atoms with van der Waals surface area (Å²) in [5.41, 5.74) is -2.12. The maximum absolute atomic E-state index is 12.8. The molecular weight excluding hydrogens is 205 g/mol.